The molecule has 7 heteroatoms. The number of thioether (sulfide) groups is 1. The minimum Gasteiger partial charge on any atom is -0.205 e. The summed E-state index contributed by atoms with van der Waals surface area (Å²) < 4.78 is 49.9. The number of alkyl halides is 3. The molecule has 0 unspecified atom stereocenters. The van der Waals surface area contributed by atoms with Crippen LogP contribution in [-0.4, -0.2) is 5.51 Å². The van der Waals surface area contributed by atoms with Crippen molar-refractivity contribution in [3.63, 3.8) is 0 Å². The molecule has 0 radical (unpaired) electrons. The molecule has 0 heterocycles. The Hall–Kier alpha value is 0.750. The van der Waals surface area contributed by atoms with Crippen molar-refractivity contribution < 1.29 is 17.6 Å². The first-order chi connectivity index (χ1) is 6.31. The van der Waals surface area contributed by atoms with Crippen LogP contribution in [0.1, 0.15) is 0 Å². The Bertz CT molecular complexity index is 350. The molecule has 0 bridgehead atoms. The van der Waals surface area contributed by atoms with Crippen LogP contribution >= 0.6 is 56.9 Å². The summed E-state index contributed by atoms with van der Waals surface area (Å²) in [4.78, 5) is -0.387. The smallest absolute Gasteiger partial charge is 0.205 e. The average Bonchev–Trinajstić information content (AvgIpc) is 2.04. The molecular formula is C7H2F4I2S. The summed E-state index contributed by atoms with van der Waals surface area (Å²) >= 11 is 3.12. The fourth-order valence-electron chi connectivity index (χ4n) is 0.712. The Labute approximate surface area is 109 Å². The van der Waals surface area contributed by atoms with Crippen molar-refractivity contribution in [1.29, 1.82) is 0 Å². The molecule has 78 valence electrons. The number of hydrogen-bond donors (Lipinski definition) is 0. The van der Waals surface area contributed by atoms with E-state index in [4.69, 9.17) is 0 Å². The monoisotopic (exact) mass is 448 g/mol. The Morgan fingerprint density at radius 1 is 1.14 bits per heavy atom. The van der Waals surface area contributed by atoms with Crippen LogP contribution < -0.4 is 0 Å². The summed E-state index contributed by atoms with van der Waals surface area (Å²) in [7, 11) is 0. The largest absolute Gasteiger partial charge is 0.446 e. The van der Waals surface area contributed by atoms with Crippen LogP contribution in [0.4, 0.5) is 17.6 Å². The summed E-state index contributed by atoms with van der Waals surface area (Å²) in [5, 5.41) is 0. The van der Waals surface area contributed by atoms with Gasteiger partial charge in [0.25, 0.3) is 0 Å². The SMILES string of the molecule is Fc1c(SC(F)(F)F)ccc(I)c1I. The van der Waals surface area contributed by atoms with Gasteiger partial charge in [0.05, 0.1) is 8.47 Å². The summed E-state index contributed by atoms with van der Waals surface area (Å²) in [6.45, 7) is 0. The highest BCUT2D eigenvalue weighted by molar-refractivity contribution is 14.1. The number of rotatable bonds is 1. The molecule has 0 amide bonds. The van der Waals surface area contributed by atoms with Crippen molar-refractivity contribution >= 4 is 56.9 Å². The second-order valence-electron chi connectivity index (χ2n) is 2.22. The van der Waals surface area contributed by atoms with Gasteiger partial charge in [-0.05, 0) is 69.1 Å². The van der Waals surface area contributed by atoms with Gasteiger partial charge in [-0.15, -0.1) is 0 Å². The van der Waals surface area contributed by atoms with Crippen molar-refractivity contribution in [3.05, 3.63) is 25.1 Å². The minimum atomic E-state index is -4.45. The van der Waals surface area contributed by atoms with E-state index in [1.54, 1.807) is 22.6 Å². The topological polar surface area (TPSA) is 0 Å². The van der Waals surface area contributed by atoms with Crippen molar-refractivity contribution in [3.8, 4) is 0 Å². The maximum absolute atomic E-state index is 13.3. The molecule has 0 nitrogen and oxygen atoms in total. The minimum absolute atomic E-state index is 0.220. The normalized spacial score (nSPS) is 11.9. The second-order valence-corrected chi connectivity index (χ2v) is 5.57. The van der Waals surface area contributed by atoms with E-state index in [9.17, 15) is 17.6 Å². The molecule has 0 saturated carbocycles. The van der Waals surface area contributed by atoms with Crippen molar-refractivity contribution in [2.75, 3.05) is 0 Å². The van der Waals surface area contributed by atoms with Crippen molar-refractivity contribution in [2.24, 2.45) is 0 Å². The number of benzene rings is 1. The first-order valence-corrected chi connectivity index (χ1v) is 6.18. The van der Waals surface area contributed by atoms with Gasteiger partial charge in [0.15, 0.2) is 5.82 Å². The molecule has 0 aromatic heterocycles. The van der Waals surface area contributed by atoms with E-state index >= 15 is 0 Å². The zero-order valence-electron chi connectivity index (χ0n) is 6.33. The third-order valence-corrected chi connectivity index (χ3v) is 4.98. The van der Waals surface area contributed by atoms with E-state index in [0.717, 1.165) is 6.07 Å². The Morgan fingerprint density at radius 3 is 2.21 bits per heavy atom. The van der Waals surface area contributed by atoms with Crippen LogP contribution in [0.25, 0.3) is 0 Å². The van der Waals surface area contributed by atoms with Gasteiger partial charge in [-0.2, -0.15) is 13.2 Å². The maximum Gasteiger partial charge on any atom is 0.446 e. The molecule has 0 aliphatic heterocycles. The Morgan fingerprint density at radius 2 is 1.71 bits per heavy atom. The number of halogens is 6. The zero-order valence-corrected chi connectivity index (χ0v) is 11.5. The lowest BCUT2D eigenvalue weighted by Crippen LogP contribution is -2.01. The quantitative estimate of drug-likeness (QED) is 0.261. The molecule has 1 aromatic carbocycles. The van der Waals surface area contributed by atoms with Crippen LogP contribution in [-0.2, 0) is 0 Å². The first-order valence-electron chi connectivity index (χ1n) is 3.20. The summed E-state index contributed by atoms with van der Waals surface area (Å²) in [5.41, 5.74) is -4.45. The predicted molar refractivity (Wildman–Crippen MR) is 63.7 cm³/mol. The van der Waals surface area contributed by atoms with Crippen LogP contribution in [0.3, 0.4) is 0 Å². The Kier molecular flexibility index (Phi) is 4.33. The molecule has 1 rings (SSSR count). The predicted octanol–water partition coefficient (Wildman–Crippen LogP) is 4.65. The van der Waals surface area contributed by atoms with Crippen molar-refractivity contribution in [2.45, 2.75) is 10.4 Å². The Balaban J connectivity index is 3.06. The summed E-state index contributed by atoms with van der Waals surface area (Å²) in [6.07, 6.45) is 0. The molecular weight excluding hydrogens is 446 g/mol. The second kappa shape index (κ2) is 4.73. The van der Waals surface area contributed by atoms with Gasteiger partial charge in [-0.3, -0.25) is 0 Å². The fraction of sp³-hybridized carbons (Fsp3) is 0.143. The first kappa shape index (κ1) is 12.8. The van der Waals surface area contributed by atoms with Crippen LogP contribution in [0, 0.1) is 13.0 Å². The summed E-state index contributed by atoms with van der Waals surface area (Å²) in [5.74, 6) is -0.806. The van der Waals surface area contributed by atoms with Gasteiger partial charge in [0.1, 0.15) is 0 Å². The summed E-state index contributed by atoms with van der Waals surface area (Å²) in [6, 6.07) is 2.59. The number of hydrogen-bond acceptors (Lipinski definition) is 1. The fourth-order valence-corrected chi connectivity index (χ4v) is 2.36. The van der Waals surface area contributed by atoms with Gasteiger partial charge >= 0.3 is 5.51 Å². The van der Waals surface area contributed by atoms with Crippen LogP contribution in [0.5, 0.6) is 0 Å². The van der Waals surface area contributed by atoms with Gasteiger partial charge in [-0.25, -0.2) is 4.39 Å². The molecule has 0 saturated heterocycles. The van der Waals surface area contributed by atoms with E-state index in [0.29, 0.717) is 3.57 Å². The van der Waals surface area contributed by atoms with E-state index in [2.05, 4.69) is 0 Å². The molecule has 14 heavy (non-hydrogen) atoms. The third kappa shape index (κ3) is 3.40. The van der Waals surface area contributed by atoms with Gasteiger partial charge in [0, 0.05) is 3.57 Å². The van der Waals surface area contributed by atoms with Gasteiger partial charge in [0.2, 0.25) is 0 Å². The third-order valence-electron chi connectivity index (χ3n) is 1.23. The molecule has 0 aliphatic carbocycles. The van der Waals surface area contributed by atoms with E-state index in [-0.39, 0.29) is 8.47 Å². The molecule has 0 fully saturated rings. The molecule has 1 aromatic rings. The molecule has 0 spiro atoms. The molecule has 0 atom stereocenters. The van der Waals surface area contributed by atoms with Gasteiger partial charge in [-0.1, -0.05) is 0 Å². The zero-order chi connectivity index (χ0) is 10.9. The van der Waals surface area contributed by atoms with E-state index in [1.165, 1.54) is 6.07 Å². The lowest BCUT2D eigenvalue weighted by Gasteiger charge is -2.08. The highest BCUT2D eigenvalue weighted by Crippen LogP contribution is 2.39. The highest BCUT2D eigenvalue weighted by atomic mass is 127. The van der Waals surface area contributed by atoms with Crippen molar-refractivity contribution in [1.82, 2.24) is 0 Å². The van der Waals surface area contributed by atoms with Crippen LogP contribution in [0.15, 0.2) is 17.0 Å². The highest BCUT2D eigenvalue weighted by Gasteiger charge is 2.31. The van der Waals surface area contributed by atoms with Gasteiger partial charge < -0.3 is 0 Å². The molecule has 0 aliphatic rings. The van der Waals surface area contributed by atoms with Crippen LogP contribution in [0.2, 0.25) is 0 Å². The maximum atomic E-state index is 13.3. The van der Waals surface area contributed by atoms with E-state index in [1.807, 2.05) is 22.6 Å². The molecule has 0 N–H and O–H groups in total. The lowest BCUT2D eigenvalue weighted by atomic mass is 10.3. The lowest BCUT2D eigenvalue weighted by molar-refractivity contribution is -0.0329. The van der Waals surface area contributed by atoms with E-state index < -0.39 is 23.1 Å². The standard InChI is InChI=1S/C7H2F4I2S/c8-5-4(14-7(9,10)11)2-1-3(12)6(5)13/h1-2H. The average molecular weight is 448 g/mol.